The smallest absolute Gasteiger partial charge is 0.304 e. The van der Waals surface area contributed by atoms with Crippen molar-refractivity contribution < 1.29 is 39.1 Å². The quantitative estimate of drug-likeness (QED) is 0.0224. The van der Waals surface area contributed by atoms with Gasteiger partial charge in [0.05, 0.1) is 18.5 Å². The van der Waals surface area contributed by atoms with Crippen molar-refractivity contribution in [2.75, 3.05) is 0 Å². The molecule has 82 heavy (non-hydrogen) atoms. The van der Waals surface area contributed by atoms with Crippen LogP contribution in [-0.2, 0) is 41.6 Å². The standard InChI is InChI=1S/C33H42N4O4.C33H41N3O4.CH4/c1-22-19-24(16-17-28(22)25-12-7-6-8-13-25)11-9-14-26(20-29(38)37-41)31(39)36-30(33(3,4)5)32(40)35-23(2)27-15-10-18-34-21-27;1-22-19-24(16-17-28(22)25-12-7-6-8-13-25)11-9-14-26(20-29(37)38)31(39)36-30(33(3,4)5)32(40)35-23(2)27-15-10-18-34-21-27;/h6-8,10,12-13,15-19,21,23,26,30,41H,9,11,14,20H2,1-5H3,(H,35,40)(H,36,39)(H,37,38);6-8,10,12-13,15-19,21,23,26,30H,9,11,14,20H2,1-5H3,(H,35,40)(H,36,39)(H,37,38);1H4/t23?,26-,30-;23-,26-,30-;/m11./s1. The summed E-state index contributed by atoms with van der Waals surface area (Å²) in [7, 11) is 0. The molecule has 0 saturated heterocycles. The number of hydrogen-bond acceptors (Lipinski definition) is 9. The van der Waals surface area contributed by atoms with Crippen LogP contribution in [0.25, 0.3) is 22.3 Å². The highest BCUT2D eigenvalue weighted by atomic mass is 16.5. The van der Waals surface area contributed by atoms with E-state index < -0.39 is 58.4 Å². The van der Waals surface area contributed by atoms with Gasteiger partial charge in [0.15, 0.2) is 0 Å². The zero-order chi connectivity index (χ0) is 59.3. The number of carbonyl (C=O) groups is 6. The van der Waals surface area contributed by atoms with E-state index in [-0.39, 0.29) is 44.2 Å². The van der Waals surface area contributed by atoms with Gasteiger partial charge in [-0.3, -0.25) is 43.9 Å². The van der Waals surface area contributed by atoms with E-state index in [0.29, 0.717) is 25.7 Å². The van der Waals surface area contributed by atoms with E-state index in [2.05, 4.69) is 106 Å². The van der Waals surface area contributed by atoms with Crippen molar-refractivity contribution >= 4 is 35.5 Å². The van der Waals surface area contributed by atoms with Gasteiger partial charge in [-0.2, -0.15) is 0 Å². The molecule has 15 heteroatoms. The lowest BCUT2D eigenvalue weighted by molar-refractivity contribution is -0.142. The third kappa shape index (κ3) is 20.8. The molecule has 4 aromatic carbocycles. The molecule has 0 radical (unpaired) electrons. The maximum atomic E-state index is 13.4. The van der Waals surface area contributed by atoms with E-state index in [1.165, 1.54) is 22.3 Å². The third-order valence-corrected chi connectivity index (χ3v) is 14.4. The van der Waals surface area contributed by atoms with Crippen molar-refractivity contribution in [3.63, 3.8) is 0 Å². The monoisotopic (exact) mass is 1120 g/mol. The van der Waals surface area contributed by atoms with Crippen LogP contribution in [-0.4, -0.2) is 67.9 Å². The Hall–Kier alpha value is -8.04. The molecule has 6 aromatic rings. The van der Waals surface area contributed by atoms with Crippen LogP contribution >= 0.6 is 0 Å². The van der Waals surface area contributed by atoms with E-state index in [0.717, 1.165) is 46.2 Å². The number of carbonyl (C=O) groups excluding carboxylic acids is 5. The molecule has 438 valence electrons. The number of benzene rings is 4. The number of hydrogen-bond donors (Lipinski definition) is 7. The summed E-state index contributed by atoms with van der Waals surface area (Å²) in [4.78, 5) is 85.2. The molecule has 0 saturated carbocycles. The second kappa shape index (κ2) is 31.8. The molecule has 15 nitrogen and oxygen atoms in total. The normalized spacial score (nSPS) is 13.4. The number of carboxylic acids is 1. The number of hydroxylamine groups is 1. The zero-order valence-corrected chi connectivity index (χ0v) is 48.7. The van der Waals surface area contributed by atoms with Crippen LogP contribution in [0.2, 0.25) is 0 Å². The van der Waals surface area contributed by atoms with Gasteiger partial charge in [-0.15, -0.1) is 0 Å². The number of aliphatic carboxylic acids is 1. The van der Waals surface area contributed by atoms with Crippen molar-refractivity contribution in [2.45, 2.75) is 152 Å². The maximum Gasteiger partial charge on any atom is 0.304 e. The molecule has 5 amide bonds. The van der Waals surface area contributed by atoms with Crippen LogP contribution in [0.15, 0.2) is 146 Å². The molecule has 0 spiro atoms. The molecule has 6 rings (SSSR count). The van der Waals surface area contributed by atoms with Crippen LogP contribution in [0, 0.1) is 36.5 Å². The Bertz CT molecular complexity index is 3000. The lowest BCUT2D eigenvalue weighted by atomic mass is 9.85. The molecule has 6 atom stereocenters. The van der Waals surface area contributed by atoms with Gasteiger partial charge in [-0.25, -0.2) is 5.48 Å². The van der Waals surface area contributed by atoms with Gasteiger partial charge in [0.1, 0.15) is 12.1 Å². The van der Waals surface area contributed by atoms with E-state index >= 15 is 0 Å². The van der Waals surface area contributed by atoms with Crippen molar-refractivity contribution in [3.8, 4) is 22.3 Å². The third-order valence-electron chi connectivity index (χ3n) is 14.4. The highest BCUT2D eigenvalue weighted by Gasteiger charge is 2.37. The van der Waals surface area contributed by atoms with Gasteiger partial charge < -0.3 is 26.4 Å². The highest BCUT2D eigenvalue weighted by Crippen LogP contribution is 2.29. The minimum atomic E-state index is -1.04. The van der Waals surface area contributed by atoms with E-state index in [9.17, 15) is 33.9 Å². The highest BCUT2D eigenvalue weighted by molar-refractivity contribution is 5.92. The molecule has 2 heterocycles. The summed E-state index contributed by atoms with van der Waals surface area (Å²) in [5.41, 5.74) is 11.5. The molecular formula is C67H87N7O8. The average molecular weight is 1120 g/mol. The number of rotatable bonds is 24. The number of amides is 5. The number of nitrogens with one attached hydrogen (secondary N) is 5. The van der Waals surface area contributed by atoms with Crippen molar-refractivity contribution in [2.24, 2.45) is 22.7 Å². The van der Waals surface area contributed by atoms with Gasteiger partial charge in [0, 0.05) is 43.0 Å². The van der Waals surface area contributed by atoms with Crippen molar-refractivity contribution in [1.29, 1.82) is 0 Å². The van der Waals surface area contributed by atoms with Crippen LogP contribution in [0.4, 0.5) is 0 Å². The molecule has 7 N–H and O–H groups in total. The minimum Gasteiger partial charge on any atom is -0.481 e. The Morgan fingerprint density at radius 3 is 1.23 bits per heavy atom. The Kier molecular flexibility index (Phi) is 25.8. The van der Waals surface area contributed by atoms with Gasteiger partial charge in [0.25, 0.3) is 0 Å². The average Bonchev–Trinajstić information content (AvgIpc) is 3.43. The number of aryl methyl sites for hydroxylation is 4. The molecule has 0 fully saturated rings. The Morgan fingerprint density at radius 2 is 0.902 bits per heavy atom. The minimum absolute atomic E-state index is 0. The Morgan fingerprint density at radius 1 is 0.512 bits per heavy atom. The molecule has 0 aliphatic heterocycles. The van der Waals surface area contributed by atoms with Crippen LogP contribution < -0.4 is 26.7 Å². The molecule has 0 aliphatic carbocycles. The first-order valence-corrected chi connectivity index (χ1v) is 27.9. The van der Waals surface area contributed by atoms with Gasteiger partial charge in [-0.1, -0.05) is 158 Å². The van der Waals surface area contributed by atoms with E-state index in [4.69, 9.17) is 5.21 Å². The number of pyridine rings is 2. The summed E-state index contributed by atoms with van der Waals surface area (Å²) < 4.78 is 0. The summed E-state index contributed by atoms with van der Waals surface area (Å²) in [6.07, 6.45) is 9.83. The number of aromatic nitrogens is 2. The lowest BCUT2D eigenvalue weighted by Crippen LogP contribution is -2.55. The Balaban J connectivity index is 0.000000348. The van der Waals surface area contributed by atoms with Gasteiger partial charge >= 0.3 is 5.97 Å². The first-order chi connectivity index (χ1) is 38.4. The molecule has 2 aromatic heterocycles. The molecule has 1 unspecified atom stereocenters. The maximum absolute atomic E-state index is 13.4. The second-order valence-electron chi connectivity index (χ2n) is 23.2. The number of carboxylic acid groups (broad SMARTS) is 1. The predicted octanol–water partition coefficient (Wildman–Crippen LogP) is 11.8. The van der Waals surface area contributed by atoms with E-state index in [1.54, 1.807) is 42.4 Å². The fourth-order valence-corrected chi connectivity index (χ4v) is 9.78. The summed E-state index contributed by atoms with van der Waals surface area (Å²) in [5.74, 6) is -4.58. The topological polar surface area (TPSA) is 229 Å². The van der Waals surface area contributed by atoms with Crippen LogP contribution in [0.1, 0.15) is 147 Å². The summed E-state index contributed by atoms with van der Waals surface area (Å²) in [6, 6.07) is 38.2. The van der Waals surface area contributed by atoms with Gasteiger partial charge in [-0.05, 0) is 145 Å². The first kappa shape index (κ1) is 66.5. The largest absolute Gasteiger partial charge is 0.481 e. The fourth-order valence-electron chi connectivity index (χ4n) is 9.78. The summed E-state index contributed by atoms with van der Waals surface area (Å²) in [6.45, 7) is 19.1. The fraction of sp³-hybridized carbons (Fsp3) is 0.403. The Labute approximate surface area is 485 Å². The van der Waals surface area contributed by atoms with Crippen molar-refractivity contribution in [1.82, 2.24) is 36.7 Å². The predicted molar refractivity (Wildman–Crippen MR) is 324 cm³/mol. The summed E-state index contributed by atoms with van der Waals surface area (Å²) in [5, 5.41) is 30.3. The molecule has 0 aliphatic rings. The lowest BCUT2D eigenvalue weighted by Gasteiger charge is -2.32. The number of nitrogens with zero attached hydrogens (tertiary/aromatic N) is 2. The van der Waals surface area contributed by atoms with Crippen LogP contribution in [0.3, 0.4) is 0 Å². The first-order valence-electron chi connectivity index (χ1n) is 27.9. The SMILES string of the molecule is C.Cc1cc(CCC[C@H](CC(=O)NO)C(=O)N[C@H](C(=O)NC(C)c2cccnc2)C(C)(C)C)ccc1-c1ccccc1.Cc1cc(CCC[C@H](CC(=O)O)C(=O)N[C@H](C(=O)N[C@H](C)c2cccnc2)C(C)(C)C)ccc1-c1ccccc1. The van der Waals surface area contributed by atoms with Gasteiger partial charge in [0.2, 0.25) is 29.5 Å². The van der Waals surface area contributed by atoms with E-state index in [1.807, 2.05) is 104 Å². The van der Waals surface area contributed by atoms with Crippen LogP contribution in [0.5, 0.6) is 0 Å². The zero-order valence-electron chi connectivity index (χ0n) is 48.7. The second-order valence-corrected chi connectivity index (χ2v) is 23.2. The molecule has 0 bridgehead atoms. The van der Waals surface area contributed by atoms with Crippen molar-refractivity contribution in [3.05, 3.63) is 179 Å². The summed E-state index contributed by atoms with van der Waals surface area (Å²) >= 11 is 0. The molecular weight excluding hydrogens is 1030 g/mol.